The Kier molecular flexibility index (Phi) is 2.33. The molecular formula is C12H10N2. The van der Waals surface area contributed by atoms with Crippen LogP contribution < -0.4 is 4.90 Å². The van der Waals surface area contributed by atoms with Gasteiger partial charge in [0, 0.05) is 6.20 Å². The highest BCUT2D eigenvalue weighted by molar-refractivity contribution is 5.60. The summed E-state index contributed by atoms with van der Waals surface area (Å²) >= 11 is 0. The van der Waals surface area contributed by atoms with Crippen LogP contribution in [0.3, 0.4) is 0 Å². The molecule has 2 nitrogen and oxygen atoms in total. The molecule has 2 heteroatoms. The molecule has 0 aromatic heterocycles. The number of benzene rings is 1. The maximum absolute atomic E-state index is 8.96. The highest BCUT2D eigenvalue weighted by atomic mass is 15.1. The summed E-state index contributed by atoms with van der Waals surface area (Å²) in [6.45, 7) is 0. The molecule has 0 radical (unpaired) electrons. The van der Waals surface area contributed by atoms with E-state index in [0.717, 1.165) is 12.1 Å². The number of hydrogen-bond acceptors (Lipinski definition) is 2. The second-order valence-electron chi connectivity index (χ2n) is 3.07. The van der Waals surface area contributed by atoms with E-state index in [2.05, 4.69) is 12.3 Å². The minimum atomic E-state index is 0.874. The Morgan fingerprint density at radius 2 is 2.07 bits per heavy atom. The van der Waals surface area contributed by atoms with Crippen LogP contribution in [0.5, 0.6) is 0 Å². The van der Waals surface area contributed by atoms with Crippen molar-refractivity contribution in [1.82, 2.24) is 0 Å². The average molecular weight is 182 g/mol. The number of anilines is 1. The zero-order chi connectivity index (χ0) is 9.80. The van der Waals surface area contributed by atoms with Gasteiger partial charge in [-0.25, -0.2) is 0 Å². The molecule has 0 bridgehead atoms. The molecule has 2 rings (SSSR count). The summed E-state index contributed by atoms with van der Waals surface area (Å²) in [4.78, 5) is 1.58. The summed E-state index contributed by atoms with van der Waals surface area (Å²) < 4.78 is 0. The molecule has 1 heterocycles. The van der Waals surface area contributed by atoms with Crippen molar-refractivity contribution in [2.75, 3.05) is 4.90 Å². The predicted octanol–water partition coefficient (Wildman–Crippen LogP) is 2.60. The molecule has 0 fully saturated rings. The van der Waals surface area contributed by atoms with Crippen LogP contribution >= 0.6 is 0 Å². The van der Waals surface area contributed by atoms with Gasteiger partial charge in [0.2, 0.25) is 0 Å². The van der Waals surface area contributed by atoms with Gasteiger partial charge in [0.1, 0.15) is 0 Å². The van der Waals surface area contributed by atoms with E-state index in [1.807, 2.05) is 36.4 Å². The van der Waals surface area contributed by atoms with E-state index in [4.69, 9.17) is 5.26 Å². The highest BCUT2D eigenvalue weighted by Crippen LogP contribution is 2.22. The predicted molar refractivity (Wildman–Crippen MR) is 56.5 cm³/mol. The maximum Gasteiger partial charge on any atom is 0.188 e. The standard InChI is InChI=1S/C12H10N2/c13-10-14-9-5-1-2-6-11-7-3-4-8-12(11)14/h1-5,7-9H,6H2. The Hall–Kier alpha value is -2.01. The lowest BCUT2D eigenvalue weighted by Gasteiger charge is -2.15. The third kappa shape index (κ3) is 1.53. The summed E-state index contributed by atoms with van der Waals surface area (Å²) in [6.07, 6.45) is 10.7. The second-order valence-corrected chi connectivity index (χ2v) is 3.07. The Morgan fingerprint density at radius 3 is 2.93 bits per heavy atom. The fourth-order valence-electron chi connectivity index (χ4n) is 1.50. The molecule has 0 spiro atoms. The van der Waals surface area contributed by atoms with Gasteiger partial charge in [-0.3, -0.25) is 4.90 Å². The third-order valence-corrected chi connectivity index (χ3v) is 2.18. The van der Waals surface area contributed by atoms with E-state index in [0.29, 0.717) is 0 Å². The molecule has 0 N–H and O–H groups in total. The number of nitriles is 1. The van der Waals surface area contributed by atoms with Crippen molar-refractivity contribution in [2.45, 2.75) is 6.42 Å². The van der Waals surface area contributed by atoms with Gasteiger partial charge < -0.3 is 0 Å². The van der Waals surface area contributed by atoms with Crippen LogP contribution in [0.1, 0.15) is 5.56 Å². The Balaban J connectivity index is 2.52. The van der Waals surface area contributed by atoms with Crippen LogP contribution in [-0.4, -0.2) is 0 Å². The lowest BCUT2D eigenvalue weighted by Crippen LogP contribution is -2.10. The number of fused-ring (bicyclic) bond motifs is 1. The van der Waals surface area contributed by atoms with Crippen LogP contribution in [0.4, 0.5) is 5.69 Å². The summed E-state index contributed by atoms with van der Waals surface area (Å²) in [7, 11) is 0. The Labute approximate surface area is 83.4 Å². The molecule has 0 amide bonds. The van der Waals surface area contributed by atoms with E-state index in [-0.39, 0.29) is 0 Å². The first-order valence-electron chi connectivity index (χ1n) is 4.52. The largest absolute Gasteiger partial charge is 0.255 e. The summed E-state index contributed by atoms with van der Waals surface area (Å²) in [6, 6.07) is 7.95. The van der Waals surface area contributed by atoms with E-state index in [9.17, 15) is 0 Å². The molecule has 0 atom stereocenters. The van der Waals surface area contributed by atoms with Gasteiger partial charge >= 0.3 is 0 Å². The van der Waals surface area contributed by atoms with Crippen LogP contribution in [0.25, 0.3) is 0 Å². The fraction of sp³-hybridized carbons (Fsp3) is 0.0833. The lowest BCUT2D eigenvalue weighted by molar-refractivity contribution is 1.18. The summed E-state index contributed by atoms with van der Waals surface area (Å²) in [5.41, 5.74) is 2.14. The van der Waals surface area contributed by atoms with Crippen LogP contribution in [0, 0.1) is 11.5 Å². The molecule has 14 heavy (non-hydrogen) atoms. The number of para-hydroxylation sites is 1. The van der Waals surface area contributed by atoms with Gasteiger partial charge in [0.15, 0.2) is 6.19 Å². The molecular weight excluding hydrogens is 172 g/mol. The number of hydrogen-bond donors (Lipinski definition) is 0. The van der Waals surface area contributed by atoms with Gasteiger partial charge in [-0.05, 0) is 24.1 Å². The first kappa shape index (κ1) is 8.58. The van der Waals surface area contributed by atoms with Gasteiger partial charge in [-0.2, -0.15) is 5.26 Å². The Morgan fingerprint density at radius 1 is 1.21 bits per heavy atom. The summed E-state index contributed by atoms with van der Waals surface area (Å²) in [5.74, 6) is 0. The van der Waals surface area contributed by atoms with Crippen molar-refractivity contribution in [1.29, 1.82) is 5.26 Å². The van der Waals surface area contributed by atoms with Gasteiger partial charge in [-0.15, -0.1) is 0 Å². The second kappa shape index (κ2) is 3.80. The topological polar surface area (TPSA) is 27.0 Å². The Bertz CT molecular complexity index is 424. The molecule has 1 aromatic rings. The summed E-state index contributed by atoms with van der Waals surface area (Å²) in [5, 5.41) is 8.96. The van der Waals surface area contributed by atoms with Gasteiger partial charge in [-0.1, -0.05) is 30.4 Å². The van der Waals surface area contributed by atoms with Crippen molar-refractivity contribution in [3.05, 3.63) is 54.3 Å². The molecule has 1 aromatic carbocycles. The van der Waals surface area contributed by atoms with E-state index < -0.39 is 0 Å². The first-order valence-corrected chi connectivity index (χ1v) is 4.52. The van der Waals surface area contributed by atoms with Crippen molar-refractivity contribution < 1.29 is 0 Å². The minimum absolute atomic E-state index is 0.874. The third-order valence-electron chi connectivity index (χ3n) is 2.18. The lowest BCUT2D eigenvalue weighted by atomic mass is 10.1. The molecule has 0 saturated carbocycles. The van der Waals surface area contributed by atoms with Crippen molar-refractivity contribution >= 4 is 5.69 Å². The first-order chi connectivity index (χ1) is 6.92. The van der Waals surface area contributed by atoms with E-state index >= 15 is 0 Å². The SMILES string of the molecule is N#CN1C=CC=CCc2ccccc21. The van der Waals surface area contributed by atoms with Gasteiger partial charge in [0.05, 0.1) is 5.69 Å². The van der Waals surface area contributed by atoms with Crippen molar-refractivity contribution in [3.8, 4) is 6.19 Å². The van der Waals surface area contributed by atoms with Crippen LogP contribution in [-0.2, 0) is 6.42 Å². The molecule has 1 aliphatic rings. The monoisotopic (exact) mass is 182 g/mol. The van der Waals surface area contributed by atoms with Crippen LogP contribution in [0.2, 0.25) is 0 Å². The maximum atomic E-state index is 8.96. The number of rotatable bonds is 0. The molecule has 0 saturated heterocycles. The van der Waals surface area contributed by atoms with E-state index in [1.54, 1.807) is 11.1 Å². The van der Waals surface area contributed by atoms with Gasteiger partial charge in [0.25, 0.3) is 0 Å². The smallest absolute Gasteiger partial charge is 0.188 e. The minimum Gasteiger partial charge on any atom is -0.255 e. The zero-order valence-corrected chi connectivity index (χ0v) is 7.72. The van der Waals surface area contributed by atoms with Crippen molar-refractivity contribution in [2.24, 2.45) is 0 Å². The molecule has 68 valence electrons. The van der Waals surface area contributed by atoms with Crippen molar-refractivity contribution in [3.63, 3.8) is 0 Å². The van der Waals surface area contributed by atoms with E-state index in [1.165, 1.54) is 5.56 Å². The normalized spacial score (nSPS) is 14.1. The molecule has 1 aliphatic heterocycles. The fourth-order valence-corrected chi connectivity index (χ4v) is 1.50. The molecule has 0 aliphatic carbocycles. The van der Waals surface area contributed by atoms with Crippen LogP contribution in [0.15, 0.2) is 48.7 Å². The average Bonchev–Trinajstić information content (AvgIpc) is 2.20. The highest BCUT2D eigenvalue weighted by Gasteiger charge is 2.07. The number of nitrogens with zero attached hydrogens (tertiary/aromatic N) is 2. The zero-order valence-electron chi connectivity index (χ0n) is 7.72. The number of allylic oxidation sites excluding steroid dienone is 3. The quantitative estimate of drug-likeness (QED) is 0.576. The molecule has 0 unspecified atom stereocenters.